The van der Waals surface area contributed by atoms with E-state index in [0.717, 1.165) is 6.07 Å². The Balaban J connectivity index is 1.70. The number of hydrogen-bond acceptors (Lipinski definition) is 4. The molecule has 0 atom stereocenters. The number of alkyl halides is 3. The predicted octanol–water partition coefficient (Wildman–Crippen LogP) is 5.07. The molecule has 1 amide bonds. The largest absolute Gasteiger partial charge is 0.444 e. The molecule has 5 nitrogen and oxygen atoms in total. The molecule has 1 aromatic heterocycles. The molecule has 1 aromatic carbocycles. The molecule has 1 aliphatic heterocycles. The van der Waals surface area contributed by atoms with Gasteiger partial charge in [0.25, 0.3) is 0 Å². The van der Waals surface area contributed by atoms with Crippen LogP contribution >= 0.6 is 0 Å². The lowest BCUT2D eigenvalue weighted by molar-refractivity contribution is -0.136. The maximum Gasteiger partial charge on any atom is 0.418 e. The lowest BCUT2D eigenvalue weighted by Crippen LogP contribution is -2.44. The van der Waals surface area contributed by atoms with Crippen LogP contribution < -0.4 is 5.32 Å². The van der Waals surface area contributed by atoms with Crippen LogP contribution in [0, 0.1) is 0 Å². The smallest absolute Gasteiger partial charge is 0.418 e. The molecule has 0 saturated carbocycles. The Morgan fingerprint density at radius 3 is 2.50 bits per heavy atom. The predicted molar refractivity (Wildman–Crippen MR) is 101 cm³/mol. The van der Waals surface area contributed by atoms with Crippen molar-refractivity contribution in [1.29, 1.82) is 0 Å². The Hall–Kier alpha value is -2.51. The minimum atomic E-state index is -4.48. The number of fused-ring (bicyclic) bond motifs is 1. The molecule has 0 aliphatic carbocycles. The number of ether oxygens (including phenoxy) is 1. The van der Waals surface area contributed by atoms with E-state index in [-0.39, 0.29) is 17.7 Å². The average molecular weight is 395 g/mol. The second kappa shape index (κ2) is 7.48. The molecule has 8 heteroatoms. The number of hydrogen-bond donors (Lipinski definition) is 1. The van der Waals surface area contributed by atoms with Crippen LogP contribution in [0.25, 0.3) is 10.9 Å². The van der Waals surface area contributed by atoms with Crippen molar-refractivity contribution in [3.05, 3.63) is 36.0 Å². The highest BCUT2D eigenvalue weighted by atomic mass is 19.4. The Morgan fingerprint density at radius 1 is 1.21 bits per heavy atom. The van der Waals surface area contributed by atoms with Crippen molar-refractivity contribution in [3.63, 3.8) is 0 Å². The molecule has 1 fully saturated rings. The third kappa shape index (κ3) is 4.85. The molecule has 2 heterocycles. The van der Waals surface area contributed by atoms with Gasteiger partial charge in [-0.2, -0.15) is 13.2 Å². The van der Waals surface area contributed by atoms with Crippen LogP contribution in [0.5, 0.6) is 0 Å². The number of nitrogens with one attached hydrogen (secondary N) is 1. The fraction of sp³-hybridized carbons (Fsp3) is 0.500. The first-order valence-electron chi connectivity index (χ1n) is 9.23. The molecule has 152 valence electrons. The SMILES string of the molecule is CC(C)(C)OC(=O)N1CCC(Nc2cc(C(F)(F)F)c3ncccc3c2)CC1. The molecule has 2 aromatic rings. The standard InChI is InChI=1S/C20H24F3N3O2/c1-19(2,3)28-18(27)26-9-6-14(7-10-26)25-15-11-13-5-4-8-24-17(13)16(12-15)20(21,22)23/h4-5,8,11-12,14,25H,6-7,9-10H2,1-3H3. The van der Waals surface area contributed by atoms with Gasteiger partial charge in [0, 0.05) is 36.4 Å². The molecule has 3 rings (SSSR count). The van der Waals surface area contributed by atoms with Crippen LogP contribution in [0.4, 0.5) is 23.7 Å². The number of pyridine rings is 1. The number of likely N-dealkylation sites (tertiary alicyclic amines) is 1. The van der Waals surface area contributed by atoms with Gasteiger partial charge in [-0.15, -0.1) is 0 Å². The Kier molecular flexibility index (Phi) is 5.41. The van der Waals surface area contributed by atoms with Gasteiger partial charge < -0.3 is 15.0 Å². The summed E-state index contributed by atoms with van der Waals surface area (Å²) in [6.07, 6.45) is -2.22. The molecule has 0 radical (unpaired) electrons. The van der Waals surface area contributed by atoms with Gasteiger partial charge in [-0.3, -0.25) is 4.98 Å². The summed E-state index contributed by atoms with van der Waals surface area (Å²) in [5.41, 5.74) is -0.956. The fourth-order valence-electron chi connectivity index (χ4n) is 3.26. The fourth-order valence-corrected chi connectivity index (χ4v) is 3.26. The summed E-state index contributed by atoms with van der Waals surface area (Å²) >= 11 is 0. The molecule has 0 bridgehead atoms. The number of aromatic nitrogens is 1. The van der Waals surface area contributed by atoms with Gasteiger partial charge >= 0.3 is 12.3 Å². The summed E-state index contributed by atoms with van der Waals surface area (Å²) in [6.45, 7) is 6.42. The van der Waals surface area contributed by atoms with E-state index in [1.54, 1.807) is 23.1 Å². The lowest BCUT2D eigenvalue weighted by Gasteiger charge is -2.34. The number of nitrogens with zero attached hydrogens (tertiary/aromatic N) is 2. The summed E-state index contributed by atoms with van der Waals surface area (Å²) in [6, 6.07) is 6.00. The van der Waals surface area contributed by atoms with Gasteiger partial charge in [-0.1, -0.05) is 6.07 Å². The maximum absolute atomic E-state index is 13.4. The van der Waals surface area contributed by atoms with Crippen LogP contribution in [-0.4, -0.2) is 40.7 Å². The van der Waals surface area contributed by atoms with Gasteiger partial charge in [-0.05, 0) is 51.8 Å². The van der Waals surface area contributed by atoms with Gasteiger partial charge in [0.15, 0.2) is 0 Å². The Morgan fingerprint density at radius 2 is 1.89 bits per heavy atom. The molecule has 28 heavy (non-hydrogen) atoms. The van der Waals surface area contributed by atoms with Crippen LogP contribution in [-0.2, 0) is 10.9 Å². The first-order chi connectivity index (χ1) is 13.0. The zero-order chi connectivity index (χ0) is 20.5. The van der Waals surface area contributed by atoms with Crippen molar-refractivity contribution in [2.24, 2.45) is 0 Å². The second-order valence-corrected chi connectivity index (χ2v) is 7.98. The average Bonchev–Trinajstić information content (AvgIpc) is 2.59. The van der Waals surface area contributed by atoms with Crippen molar-refractivity contribution in [1.82, 2.24) is 9.88 Å². The second-order valence-electron chi connectivity index (χ2n) is 7.98. The number of amides is 1. The maximum atomic E-state index is 13.4. The summed E-state index contributed by atoms with van der Waals surface area (Å²) in [4.78, 5) is 17.7. The molecule has 0 spiro atoms. The van der Waals surface area contributed by atoms with E-state index in [9.17, 15) is 18.0 Å². The number of piperidine rings is 1. The lowest BCUT2D eigenvalue weighted by atomic mass is 10.0. The molecule has 1 aliphatic rings. The number of carbonyl (C=O) groups is 1. The van der Waals surface area contributed by atoms with Gasteiger partial charge in [0.05, 0.1) is 11.1 Å². The van der Waals surface area contributed by atoms with Crippen molar-refractivity contribution in [2.75, 3.05) is 18.4 Å². The minimum absolute atomic E-state index is 0.0195. The highest BCUT2D eigenvalue weighted by Crippen LogP contribution is 2.36. The van der Waals surface area contributed by atoms with Crippen molar-refractivity contribution in [3.8, 4) is 0 Å². The van der Waals surface area contributed by atoms with Crippen LogP contribution in [0.2, 0.25) is 0 Å². The summed E-state index contributed by atoms with van der Waals surface area (Å²) in [7, 11) is 0. The van der Waals surface area contributed by atoms with E-state index in [1.807, 2.05) is 20.8 Å². The molecule has 1 saturated heterocycles. The summed E-state index contributed by atoms with van der Waals surface area (Å²) in [5.74, 6) is 0. The number of anilines is 1. The number of benzene rings is 1. The Labute approximate surface area is 161 Å². The topological polar surface area (TPSA) is 54.5 Å². The van der Waals surface area contributed by atoms with Crippen molar-refractivity contribution in [2.45, 2.75) is 51.4 Å². The van der Waals surface area contributed by atoms with E-state index >= 15 is 0 Å². The van der Waals surface area contributed by atoms with Crippen molar-refractivity contribution < 1.29 is 22.7 Å². The molecule has 0 unspecified atom stereocenters. The van der Waals surface area contributed by atoms with Gasteiger partial charge in [0.2, 0.25) is 0 Å². The third-order valence-electron chi connectivity index (χ3n) is 4.53. The van der Waals surface area contributed by atoms with Crippen LogP contribution in [0.3, 0.4) is 0 Å². The zero-order valence-electron chi connectivity index (χ0n) is 16.1. The van der Waals surface area contributed by atoms with Crippen LogP contribution in [0.1, 0.15) is 39.2 Å². The summed E-state index contributed by atoms with van der Waals surface area (Å²) in [5, 5.41) is 3.62. The highest BCUT2D eigenvalue weighted by Gasteiger charge is 2.34. The van der Waals surface area contributed by atoms with E-state index in [2.05, 4.69) is 10.3 Å². The van der Waals surface area contributed by atoms with E-state index in [1.165, 1.54) is 6.20 Å². The molecular weight excluding hydrogens is 371 g/mol. The third-order valence-corrected chi connectivity index (χ3v) is 4.53. The van der Waals surface area contributed by atoms with E-state index in [0.29, 0.717) is 37.0 Å². The minimum Gasteiger partial charge on any atom is -0.444 e. The van der Waals surface area contributed by atoms with Gasteiger partial charge in [0.1, 0.15) is 5.60 Å². The normalized spacial score (nSPS) is 16.3. The van der Waals surface area contributed by atoms with E-state index in [4.69, 9.17) is 4.74 Å². The number of rotatable bonds is 2. The molecule has 1 N–H and O–H groups in total. The zero-order valence-corrected chi connectivity index (χ0v) is 16.1. The number of carbonyl (C=O) groups excluding carboxylic acids is 1. The van der Waals surface area contributed by atoms with Crippen LogP contribution in [0.15, 0.2) is 30.5 Å². The highest BCUT2D eigenvalue weighted by molar-refractivity contribution is 5.86. The first-order valence-corrected chi connectivity index (χ1v) is 9.23. The van der Waals surface area contributed by atoms with E-state index < -0.39 is 17.3 Å². The summed E-state index contributed by atoms with van der Waals surface area (Å²) < 4.78 is 45.6. The molecular formula is C20H24F3N3O2. The Bertz CT molecular complexity index is 854. The number of halogens is 3. The first kappa shape index (κ1) is 20.2. The van der Waals surface area contributed by atoms with Gasteiger partial charge in [-0.25, -0.2) is 4.79 Å². The quantitative estimate of drug-likeness (QED) is 0.772. The monoisotopic (exact) mass is 395 g/mol. The van der Waals surface area contributed by atoms with Crippen molar-refractivity contribution >= 4 is 22.7 Å².